The fraction of sp³-hybridized carbons (Fsp3) is 0.440. The maximum absolute atomic E-state index is 13.6. The van der Waals surface area contributed by atoms with Crippen molar-refractivity contribution in [2.24, 2.45) is 17.6 Å². The number of aliphatic hydroxyl groups excluding tert-OH is 2. The maximum atomic E-state index is 13.6. The lowest BCUT2D eigenvalue weighted by atomic mass is 9.58. The summed E-state index contributed by atoms with van der Waals surface area (Å²) in [5.74, 6) is -7.54. The molecule has 0 spiro atoms. The first-order valence-corrected chi connectivity index (χ1v) is 11.7. The predicted octanol–water partition coefficient (Wildman–Crippen LogP) is -0.379. The summed E-state index contributed by atoms with van der Waals surface area (Å²) in [6.07, 6.45) is 0.0486. The van der Waals surface area contributed by atoms with Gasteiger partial charge in [-0.15, -0.1) is 0 Å². The van der Waals surface area contributed by atoms with E-state index in [-0.39, 0.29) is 36.4 Å². The van der Waals surface area contributed by atoms with Gasteiger partial charge in [-0.05, 0) is 64.6 Å². The molecule has 0 aliphatic heterocycles. The molecule has 4 atom stereocenters. The number of aliphatic hydroxyl groups is 3. The Morgan fingerprint density at radius 3 is 2.35 bits per heavy atom. The second-order valence-electron chi connectivity index (χ2n) is 10.2. The third-order valence-corrected chi connectivity index (χ3v) is 7.34. The highest BCUT2D eigenvalue weighted by Gasteiger charge is 2.63. The highest BCUT2D eigenvalue weighted by atomic mass is 16.3. The van der Waals surface area contributed by atoms with Crippen LogP contribution >= 0.6 is 0 Å². The molecule has 0 fully saturated rings. The normalized spacial score (nSPS) is 27.3. The molecule has 0 aromatic heterocycles. The summed E-state index contributed by atoms with van der Waals surface area (Å²) in [7, 11) is 6.56. The van der Waals surface area contributed by atoms with Crippen molar-refractivity contribution in [1.82, 2.24) is 9.80 Å². The Morgan fingerprint density at radius 2 is 1.78 bits per heavy atom. The molecule has 3 aliphatic rings. The van der Waals surface area contributed by atoms with Gasteiger partial charge in [-0.1, -0.05) is 0 Å². The van der Waals surface area contributed by atoms with Crippen molar-refractivity contribution in [3.63, 3.8) is 0 Å². The highest BCUT2D eigenvalue weighted by Crippen LogP contribution is 2.52. The molecule has 198 valence electrons. The van der Waals surface area contributed by atoms with Crippen LogP contribution in [-0.2, 0) is 20.8 Å². The number of allylic oxidation sites excluding steroid dienone is 1. The standard InChI is InChI=1S/C25H30N4O8/c1-28(2)9-15(31)27-13-5-6-14(30)17-11(13)7-10-8-12-19(29(3)4)21(33)18(24(26)36)23(35)25(12,37)22(34)16(10)20(17)32/h5-6,10,12,19,30,33-34,37H,7-9H2,1-4H3,(H2,26,36)(H,27,31). The molecular formula is C25H30N4O8. The molecule has 1 aromatic carbocycles. The monoisotopic (exact) mass is 514 g/mol. The van der Waals surface area contributed by atoms with E-state index in [0.717, 1.165) is 0 Å². The fourth-order valence-corrected chi connectivity index (χ4v) is 5.84. The summed E-state index contributed by atoms with van der Waals surface area (Å²) in [5, 5.41) is 46.9. The molecule has 0 heterocycles. The lowest BCUT2D eigenvalue weighted by Crippen LogP contribution is -2.63. The summed E-state index contributed by atoms with van der Waals surface area (Å²) in [4.78, 5) is 54.5. The molecule has 7 N–H and O–H groups in total. The number of phenols is 1. The van der Waals surface area contributed by atoms with Crippen molar-refractivity contribution in [2.45, 2.75) is 24.5 Å². The van der Waals surface area contributed by atoms with E-state index in [9.17, 15) is 39.6 Å². The van der Waals surface area contributed by atoms with Crippen molar-refractivity contribution in [1.29, 1.82) is 0 Å². The molecule has 0 bridgehead atoms. The smallest absolute Gasteiger partial charge is 0.255 e. The van der Waals surface area contributed by atoms with Gasteiger partial charge in [0.15, 0.2) is 11.4 Å². The summed E-state index contributed by atoms with van der Waals surface area (Å²) in [5.41, 5.74) is 2.01. The van der Waals surface area contributed by atoms with Crippen molar-refractivity contribution >= 4 is 29.1 Å². The van der Waals surface area contributed by atoms with Gasteiger partial charge in [-0.25, -0.2) is 0 Å². The largest absolute Gasteiger partial charge is 0.510 e. The van der Waals surface area contributed by atoms with Gasteiger partial charge in [-0.3, -0.25) is 24.1 Å². The first-order valence-electron chi connectivity index (χ1n) is 11.7. The number of nitrogens with two attached hydrogens (primary N) is 1. The van der Waals surface area contributed by atoms with Crippen LogP contribution in [0.2, 0.25) is 0 Å². The second kappa shape index (κ2) is 8.98. The van der Waals surface area contributed by atoms with Gasteiger partial charge in [-0.2, -0.15) is 0 Å². The number of fused-ring (bicyclic) bond motifs is 3. The fourth-order valence-electron chi connectivity index (χ4n) is 5.84. The number of carbonyl (C=O) groups excluding carboxylic acids is 4. The molecule has 12 heteroatoms. The van der Waals surface area contributed by atoms with Gasteiger partial charge < -0.3 is 36.4 Å². The van der Waals surface area contributed by atoms with Gasteiger partial charge in [0.2, 0.25) is 11.7 Å². The third kappa shape index (κ3) is 3.88. The lowest BCUT2D eigenvalue weighted by Gasteiger charge is -2.50. The van der Waals surface area contributed by atoms with E-state index >= 15 is 0 Å². The van der Waals surface area contributed by atoms with Crippen molar-refractivity contribution in [3.8, 4) is 5.75 Å². The predicted molar refractivity (Wildman–Crippen MR) is 131 cm³/mol. The van der Waals surface area contributed by atoms with E-state index in [1.54, 1.807) is 33.1 Å². The zero-order valence-corrected chi connectivity index (χ0v) is 20.9. The van der Waals surface area contributed by atoms with Crippen LogP contribution < -0.4 is 11.1 Å². The number of ketones is 2. The number of aromatic hydroxyl groups is 1. The molecule has 3 aliphatic carbocycles. The number of likely N-dealkylation sites (N-methyl/N-ethyl adjacent to an activating group) is 2. The summed E-state index contributed by atoms with van der Waals surface area (Å²) >= 11 is 0. The quantitative estimate of drug-likeness (QED) is 0.223. The van der Waals surface area contributed by atoms with E-state index in [2.05, 4.69) is 5.32 Å². The van der Waals surface area contributed by atoms with E-state index < -0.39 is 63.8 Å². The number of benzene rings is 1. The number of carbonyl (C=O) groups is 4. The van der Waals surface area contributed by atoms with Gasteiger partial charge in [0.05, 0.1) is 18.2 Å². The van der Waals surface area contributed by atoms with E-state index in [1.807, 2.05) is 0 Å². The van der Waals surface area contributed by atoms with E-state index in [0.29, 0.717) is 11.3 Å². The molecule has 2 amide bonds. The number of anilines is 1. The molecule has 12 nitrogen and oxygen atoms in total. The molecule has 4 rings (SSSR count). The number of amides is 2. The van der Waals surface area contributed by atoms with Crippen molar-refractivity contribution in [3.05, 3.63) is 45.9 Å². The van der Waals surface area contributed by atoms with Crippen LogP contribution in [0.5, 0.6) is 5.75 Å². The number of Topliss-reactive ketones (excluding diaryl/α,β-unsaturated/α-hetero) is 2. The van der Waals surface area contributed by atoms with Crippen LogP contribution in [0, 0.1) is 11.8 Å². The zero-order valence-electron chi connectivity index (χ0n) is 20.9. The van der Waals surface area contributed by atoms with Crippen LogP contribution in [-0.4, -0.2) is 100.0 Å². The minimum atomic E-state index is -2.70. The Balaban J connectivity index is 1.88. The third-order valence-electron chi connectivity index (χ3n) is 7.34. The molecule has 0 radical (unpaired) electrons. The molecule has 4 unspecified atom stereocenters. The molecule has 37 heavy (non-hydrogen) atoms. The first-order chi connectivity index (χ1) is 17.2. The number of hydrogen-bond acceptors (Lipinski definition) is 10. The second-order valence-corrected chi connectivity index (χ2v) is 10.2. The number of rotatable bonds is 5. The van der Waals surface area contributed by atoms with Crippen LogP contribution in [0.15, 0.2) is 34.8 Å². The zero-order chi connectivity index (χ0) is 27.6. The Morgan fingerprint density at radius 1 is 1.14 bits per heavy atom. The topological polar surface area (TPSA) is 194 Å². The number of nitrogens with one attached hydrogen (secondary N) is 1. The Labute approximate surface area is 212 Å². The number of primary amides is 1. The van der Waals surface area contributed by atoms with Crippen LogP contribution in [0.4, 0.5) is 5.69 Å². The lowest BCUT2D eigenvalue weighted by molar-refractivity contribution is -0.148. The van der Waals surface area contributed by atoms with Gasteiger partial charge in [0, 0.05) is 17.2 Å². The summed E-state index contributed by atoms with van der Waals surface area (Å²) in [6, 6.07) is 1.64. The Bertz CT molecular complexity index is 1300. The molecule has 1 aromatic rings. The maximum Gasteiger partial charge on any atom is 0.255 e. The van der Waals surface area contributed by atoms with Gasteiger partial charge >= 0.3 is 0 Å². The summed E-state index contributed by atoms with van der Waals surface area (Å²) in [6.45, 7) is 0.0779. The van der Waals surface area contributed by atoms with Gasteiger partial charge in [0.1, 0.15) is 22.8 Å². The number of hydrogen-bond donors (Lipinski definition) is 6. The van der Waals surface area contributed by atoms with Crippen LogP contribution in [0.3, 0.4) is 0 Å². The minimum absolute atomic E-state index is 0.0352. The molecule has 0 saturated carbocycles. The van der Waals surface area contributed by atoms with Gasteiger partial charge in [0.25, 0.3) is 5.91 Å². The Hall–Kier alpha value is -3.74. The molecule has 0 saturated heterocycles. The SMILES string of the molecule is CN(C)CC(=O)Nc1ccc(O)c2c1CC1CC3C(N(C)C)C(O)=C(C(N)=O)C(=O)C3(O)C(O)=C1C2=O. The Kier molecular flexibility index (Phi) is 6.39. The number of phenolic OH excluding ortho intramolecular Hbond substituents is 1. The minimum Gasteiger partial charge on any atom is -0.510 e. The van der Waals surface area contributed by atoms with Crippen molar-refractivity contribution < 1.29 is 39.6 Å². The van der Waals surface area contributed by atoms with Crippen LogP contribution in [0.1, 0.15) is 22.3 Å². The van der Waals surface area contributed by atoms with Crippen molar-refractivity contribution in [2.75, 3.05) is 40.1 Å². The van der Waals surface area contributed by atoms with Crippen LogP contribution in [0.25, 0.3) is 0 Å². The average Bonchev–Trinajstić information content (AvgIpc) is 2.77. The molecular weight excluding hydrogens is 484 g/mol. The first kappa shape index (κ1) is 26.3. The number of nitrogens with zero attached hydrogens (tertiary/aromatic N) is 2. The average molecular weight is 515 g/mol. The van der Waals surface area contributed by atoms with E-state index in [4.69, 9.17) is 5.73 Å². The van der Waals surface area contributed by atoms with E-state index in [1.165, 1.54) is 17.0 Å². The summed E-state index contributed by atoms with van der Waals surface area (Å²) < 4.78 is 0. The highest BCUT2D eigenvalue weighted by molar-refractivity contribution is 6.25.